The molecular formula is C14H18O5S. The van der Waals surface area contributed by atoms with E-state index in [1.54, 1.807) is 6.92 Å². The fourth-order valence-electron chi connectivity index (χ4n) is 2.55. The highest BCUT2D eigenvalue weighted by atomic mass is 32.2. The Hall–Kier alpha value is -1.40. The highest BCUT2D eigenvalue weighted by Gasteiger charge is 2.33. The zero-order chi connectivity index (χ0) is 14.9. The summed E-state index contributed by atoms with van der Waals surface area (Å²) in [5.74, 6) is -1.01. The van der Waals surface area contributed by atoms with Crippen molar-refractivity contribution in [3.63, 3.8) is 0 Å². The largest absolute Gasteiger partial charge is 0.478 e. The van der Waals surface area contributed by atoms with E-state index < -0.39 is 15.8 Å². The smallest absolute Gasteiger partial charge is 0.335 e. The van der Waals surface area contributed by atoms with Crippen molar-refractivity contribution in [2.24, 2.45) is 0 Å². The number of rotatable bonds is 4. The molecule has 1 aliphatic rings. The Morgan fingerprint density at radius 1 is 1.45 bits per heavy atom. The SMILES string of the molecule is CCCOC1CCS(=O)(=O)c2ccc(C(=O)O)c(C)c21. The molecule has 0 fully saturated rings. The Kier molecular flexibility index (Phi) is 4.15. The van der Waals surface area contributed by atoms with Gasteiger partial charge in [0.15, 0.2) is 9.84 Å². The van der Waals surface area contributed by atoms with Crippen LogP contribution in [-0.2, 0) is 14.6 Å². The zero-order valence-corrected chi connectivity index (χ0v) is 12.4. The van der Waals surface area contributed by atoms with Crippen LogP contribution in [0.4, 0.5) is 0 Å². The second kappa shape index (κ2) is 5.54. The molecule has 1 N–H and O–H groups in total. The van der Waals surface area contributed by atoms with Crippen LogP contribution in [0.2, 0.25) is 0 Å². The van der Waals surface area contributed by atoms with Crippen molar-refractivity contribution in [3.8, 4) is 0 Å². The van der Waals surface area contributed by atoms with Gasteiger partial charge in [0.05, 0.1) is 22.3 Å². The molecule has 0 bridgehead atoms. The average Bonchev–Trinajstić information content (AvgIpc) is 2.38. The highest BCUT2D eigenvalue weighted by Crippen LogP contribution is 2.38. The maximum atomic E-state index is 12.1. The van der Waals surface area contributed by atoms with Crippen LogP contribution in [0, 0.1) is 6.92 Å². The van der Waals surface area contributed by atoms with Gasteiger partial charge < -0.3 is 9.84 Å². The molecule has 6 heteroatoms. The van der Waals surface area contributed by atoms with Crippen LogP contribution in [0.25, 0.3) is 0 Å². The van der Waals surface area contributed by atoms with Crippen molar-refractivity contribution in [1.82, 2.24) is 0 Å². The lowest BCUT2D eigenvalue weighted by Gasteiger charge is -2.28. The standard InChI is InChI=1S/C14H18O5S/c1-3-7-19-11-6-8-20(17,18)12-5-4-10(14(15)16)9(2)13(11)12/h4-5,11H,3,6-8H2,1-2H3,(H,15,16). The van der Waals surface area contributed by atoms with Crippen molar-refractivity contribution in [1.29, 1.82) is 0 Å². The molecule has 0 amide bonds. The van der Waals surface area contributed by atoms with Gasteiger partial charge in [0.25, 0.3) is 0 Å². The number of fused-ring (bicyclic) bond motifs is 1. The van der Waals surface area contributed by atoms with Gasteiger partial charge in [-0.15, -0.1) is 0 Å². The van der Waals surface area contributed by atoms with Gasteiger partial charge in [0, 0.05) is 12.2 Å². The number of sulfone groups is 1. The fraction of sp³-hybridized carbons (Fsp3) is 0.500. The normalized spacial score (nSPS) is 20.4. The van der Waals surface area contributed by atoms with Crippen molar-refractivity contribution >= 4 is 15.8 Å². The second-order valence-electron chi connectivity index (χ2n) is 4.92. The first kappa shape index (κ1) is 15.0. The van der Waals surface area contributed by atoms with Gasteiger partial charge in [-0.05, 0) is 37.5 Å². The first-order valence-corrected chi connectivity index (χ1v) is 8.25. The lowest BCUT2D eigenvalue weighted by atomic mass is 9.96. The average molecular weight is 298 g/mol. The Morgan fingerprint density at radius 2 is 2.15 bits per heavy atom. The fourth-order valence-corrected chi connectivity index (χ4v) is 4.19. The molecular weight excluding hydrogens is 280 g/mol. The van der Waals surface area contributed by atoms with E-state index >= 15 is 0 Å². The molecule has 1 aromatic rings. The van der Waals surface area contributed by atoms with E-state index in [1.807, 2.05) is 6.92 Å². The van der Waals surface area contributed by atoms with Gasteiger partial charge >= 0.3 is 5.97 Å². The summed E-state index contributed by atoms with van der Waals surface area (Å²) < 4.78 is 30.0. The maximum Gasteiger partial charge on any atom is 0.335 e. The van der Waals surface area contributed by atoms with Crippen LogP contribution in [0.15, 0.2) is 17.0 Å². The van der Waals surface area contributed by atoms with E-state index in [9.17, 15) is 13.2 Å². The molecule has 110 valence electrons. The minimum Gasteiger partial charge on any atom is -0.478 e. The topological polar surface area (TPSA) is 80.7 Å². The quantitative estimate of drug-likeness (QED) is 0.922. The number of carboxylic acids is 1. The molecule has 0 spiro atoms. The zero-order valence-electron chi connectivity index (χ0n) is 11.5. The van der Waals surface area contributed by atoms with E-state index in [1.165, 1.54) is 12.1 Å². The van der Waals surface area contributed by atoms with Crippen LogP contribution in [0.1, 0.15) is 47.4 Å². The monoisotopic (exact) mass is 298 g/mol. The first-order valence-electron chi connectivity index (χ1n) is 6.59. The van der Waals surface area contributed by atoms with Gasteiger partial charge in [-0.2, -0.15) is 0 Å². The lowest BCUT2D eigenvalue weighted by molar-refractivity contribution is 0.0468. The summed E-state index contributed by atoms with van der Waals surface area (Å²) in [4.78, 5) is 11.4. The second-order valence-corrected chi connectivity index (χ2v) is 7.00. The van der Waals surface area contributed by atoms with Crippen molar-refractivity contribution < 1.29 is 23.1 Å². The summed E-state index contributed by atoms with van der Waals surface area (Å²) in [6.45, 7) is 4.15. The Bertz CT molecular complexity index is 633. The molecule has 1 heterocycles. The van der Waals surface area contributed by atoms with E-state index in [2.05, 4.69) is 0 Å². The number of carbonyl (C=O) groups is 1. The highest BCUT2D eigenvalue weighted by molar-refractivity contribution is 7.91. The van der Waals surface area contributed by atoms with Crippen LogP contribution in [0.3, 0.4) is 0 Å². The van der Waals surface area contributed by atoms with Crippen LogP contribution < -0.4 is 0 Å². The molecule has 20 heavy (non-hydrogen) atoms. The number of hydrogen-bond donors (Lipinski definition) is 1. The van der Waals surface area contributed by atoms with E-state index in [-0.39, 0.29) is 22.3 Å². The Morgan fingerprint density at radius 3 is 2.75 bits per heavy atom. The van der Waals surface area contributed by atoms with Crippen LogP contribution >= 0.6 is 0 Å². The van der Waals surface area contributed by atoms with Crippen molar-refractivity contribution in [3.05, 3.63) is 28.8 Å². The lowest BCUT2D eigenvalue weighted by Crippen LogP contribution is -2.24. The van der Waals surface area contributed by atoms with Gasteiger partial charge in [0.1, 0.15) is 0 Å². The van der Waals surface area contributed by atoms with E-state index in [0.29, 0.717) is 24.2 Å². The first-order chi connectivity index (χ1) is 9.38. The van der Waals surface area contributed by atoms with Crippen molar-refractivity contribution in [2.75, 3.05) is 12.4 Å². The molecule has 0 radical (unpaired) electrons. The van der Waals surface area contributed by atoms with E-state index in [0.717, 1.165) is 6.42 Å². The van der Waals surface area contributed by atoms with Crippen LogP contribution in [-0.4, -0.2) is 31.9 Å². The Balaban J connectivity index is 2.60. The van der Waals surface area contributed by atoms with E-state index in [4.69, 9.17) is 9.84 Å². The van der Waals surface area contributed by atoms with Gasteiger partial charge in [-0.1, -0.05) is 6.92 Å². The molecule has 1 unspecified atom stereocenters. The third-order valence-electron chi connectivity index (χ3n) is 3.53. The van der Waals surface area contributed by atoms with Crippen LogP contribution in [0.5, 0.6) is 0 Å². The molecule has 0 aliphatic carbocycles. The number of ether oxygens (including phenoxy) is 1. The number of carboxylic acid groups (broad SMARTS) is 1. The molecule has 5 nitrogen and oxygen atoms in total. The third-order valence-corrected chi connectivity index (χ3v) is 5.33. The molecule has 0 saturated carbocycles. The number of hydrogen-bond acceptors (Lipinski definition) is 4. The van der Waals surface area contributed by atoms with Gasteiger partial charge in [0.2, 0.25) is 0 Å². The van der Waals surface area contributed by atoms with Crippen molar-refractivity contribution in [2.45, 2.75) is 37.7 Å². The molecule has 2 rings (SSSR count). The summed E-state index contributed by atoms with van der Waals surface area (Å²) in [6.07, 6.45) is 0.864. The third kappa shape index (κ3) is 2.58. The number of aromatic carboxylic acids is 1. The van der Waals surface area contributed by atoms with Gasteiger partial charge in [-0.3, -0.25) is 0 Å². The molecule has 1 aliphatic heterocycles. The predicted octanol–water partition coefficient (Wildman–Crippen LogP) is 2.34. The summed E-state index contributed by atoms with van der Waals surface area (Å²) in [5, 5.41) is 9.17. The molecule has 1 aromatic carbocycles. The summed E-state index contributed by atoms with van der Waals surface area (Å²) in [6, 6.07) is 2.75. The number of benzene rings is 1. The predicted molar refractivity (Wildman–Crippen MR) is 73.8 cm³/mol. The molecule has 0 aromatic heterocycles. The maximum absolute atomic E-state index is 12.1. The summed E-state index contributed by atoms with van der Waals surface area (Å²) in [7, 11) is -3.34. The molecule has 0 saturated heterocycles. The minimum absolute atomic E-state index is 0.0419. The van der Waals surface area contributed by atoms with Gasteiger partial charge in [-0.25, -0.2) is 13.2 Å². The summed E-state index contributed by atoms with van der Waals surface area (Å²) >= 11 is 0. The summed E-state index contributed by atoms with van der Waals surface area (Å²) in [5.41, 5.74) is 1.13. The Labute approximate surface area is 118 Å². The minimum atomic E-state index is -3.34. The molecule has 1 atom stereocenters.